The van der Waals surface area contributed by atoms with Crippen molar-refractivity contribution in [2.24, 2.45) is 11.3 Å². The van der Waals surface area contributed by atoms with Gasteiger partial charge in [-0.2, -0.15) is 0 Å². The third-order valence-corrected chi connectivity index (χ3v) is 4.92. The van der Waals surface area contributed by atoms with Crippen LogP contribution in [-0.4, -0.2) is 34.0 Å². The zero-order chi connectivity index (χ0) is 14.6. The minimum atomic E-state index is -0.391. The summed E-state index contributed by atoms with van der Waals surface area (Å²) in [5.74, 6) is 0.0466. The lowest BCUT2D eigenvalue weighted by molar-refractivity contribution is -0.129. The van der Waals surface area contributed by atoms with E-state index < -0.39 is 6.10 Å². The summed E-state index contributed by atoms with van der Waals surface area (Å²) in [6, 6.07) is 8.50. The van der Waals surface area contributed by atoms with Crippen molar-refractivity contribution in [2.75, 3.05) is 13.2 Å². The van der Waals surface area contributed by atoms with Gasteiger partial charge in [-0.05, 0) is 5.56 Å². The third-order valence-electron chi connectivity index (χ3n) is 4.92. The number of aromatic nitrogens is 2. The van der Waals surface area contributed by atoms with Crippen LogP contribution in [0, 0.1) is 11.3 Å². The maximum atomic E-state index is 10.8. The van der Waals surface area contributed by atoms with Crippen molar-refractivity contribution in [1.29, 1.82) is 0 Å². The SMILES string of the molecule is CC1(C)COC[C@H]([C@@H]2c3ccccc3-c3cncn32)[C@H]1O. The van der Waals surface area contributed by atoms with Gasteiger partial charge in [-0.15, -0.1) is 0 Å². The number of benzene rings is 1. The minimum Gasteiger partial charge on any atom is -0.392 e. The predicted molar refractivity (Wildman–Crippen MR) is 79.9 cm³/mol. The summed E-state index contributed by atoms with van der Waals surface area (Å²) >= 11 is 0. The van der Waals surface area contributed by atoms with Crippen molar-refractivity contribution in [3.05, 3.63) is 42.4 Å². The van der Waals surface area contributed by atoms with Crippen molar-refractivity contribution in [3.8, 4) is 11.3 Å². The van der Waals surface area contributed by atoms with Crippen LogP contribution in [0.1, 0.15) is 25.5 Å². The fourth-order valence-electron chi connectivity index (χ4n) is 3.79. The summed E-state index contributed by atoms with van der Waals surface area (Å²) in [5.41, 5.74) is 3.39. The second kappa shape index (κ2) is 4.42. The molecule has 1 N–H and O–H groups in total. The van der Waals surface area contributed by atoms with E-state index in [1.807, 2.05) is 12.5 Å². The smallest absolute Gasteiger partial charge is 0.0956 e. The van der Waals surface area contributed by atoms with Crippen molar-refractivity contribution in [1.82, 2.24) is 9.55 Å². The van der Waals surface area contributed by atoms with E-state index in [9.17, 15) is 5.11 Å². The molecule has 3 heterocycles. The highest BCUT2D eigenvalue weighted by molar-refractivity contribution is 5.69. The van der Waals surface area contributed by atoms with E-state index in [1.54, 1.807) is 0 Å². The number of fused-ring (bicyclic) bond motifs is 3. The number of rotatable bonds is 1. The van der Waals surface area contributed by atoms with E-state index in [-0.39, 0.29) is 17.4 Å². The molecule has 21 heavy (non-hydrogen) atoms. The molecule has 0 spiro atoms. The van der Waals surface area contributed by atoms with Crippen LogP contribution >= 0.6 is 0 Å². The van der Waals surface area contributed by atoms with Crippen molar-refractivity contribution >= 4 is 0 Å². The largest absolute Gasteiger partial charge is 0.392 e. The standard InChI is InChI=1S/C17H20N2O2/c1-17(2)9-21-8-13(16(17)20)15-12-6-4-3-5-11(12)14-7-18-10-19(14)15/h3-7,10,13,15-16,20H,8-9H2,1-2H3/t13-,15+,16-/m1/s1. The topological polar surface area (TPSA) is 47.3 Å². The summed E-state index contributed by atoms with van der Waals surface area (Å²) in [7, 11) is 0. The Kier molecular flexibility index (Phi) is 2.75. The van der Waals surface area contributed by atoms with Crippen molar-refractivity contribution in [2.45, 2.75) is 26.0 Å². The number of hydrogen-bond acceptors (Lipinski definition) is 3. The van der Waals surface area contributed by atoms with Gasteiger partial charge in [-0.1, -0.05) is 38.1 Å². The highest BCUT2D eigenvalue weighted by Gasteiger charge is 2.45. The molecule has 1 fully saturated rings. The Bertz CT molecular complexity index is 677. The normalized spacial score (nSPS) is 30.0. The van der Waals surface area contributed by atoms with E-state index >= 15 is 0 Å². The van der Waals surface area contributed by atoms with E-state index in [0.29, 0.717) is 13.2 Å². The quantitative estimate of drug-likeness (QED) is 0.875. The Morgan fingerprint density at radius 2 is 2.14 bits per heavy atom. The summed E-state index contributed by atoms with van der Waals surface area (Å²) in [6.07, 6.45) is 3.38. The van der Waals surface area contributed by atoms with Crippen LogP contribution in [0.15, 0.2) is 36.8 Å². The van der Waals surface area contributed by atoms with Crippen LogP contribution in [0.3, 0.4) is 0 Å². The summed E-state index contributed by atoms with van der Waals surface area (Å²) in [4.78, 5) is 4.29. The van der Waals surface area contributed by atoms with Gasteiger partial charge in [0, 0.05) is 16.9 Å². The van der Waals surface area contributed by atoms with Crippen molar-refractivity contribution < 1.29 is 9.84 Å². The van der Waals surface area contributed by atoms with E-state index in [4.69, 9.17) is 4.74 Å². The molecule has 4 nitrogen and oxygen atoms in total. The molecule has 110 valence electrons. The number of aliphatic hydroxyl groups excluding tert-OH is 1. The first-order valence-electron chi connectivity index (χ1n) is 7.46. The lowest BCUT2D eigenvalue weighted by atomic mass is 9.74. The molecular formula is C17H20N2O2. The average Bonchev–Trinajstić information content (AvgIpc) is 3.03. The molecular weight excluding hydrogens is 264 g/mol. The van der Waals surface area contributed by atoms with Gasteiger partial charge < -0.3 is 14.4 Å². The van der Waals surface area contributed by atoms with E-state index in [2.05, 4.69) is 47.7 Å². The van der Waals surface area contributed by atoms with Crippen LogP contribution in [-0.2, 0) is 4.74 Å². The van der Waals surface area contributed by atoms with Gasteiger partial charge in [0.15, 0.2) is 0 Å². The molecule has 2 aromatic rings. The third kappa shape index (κ3) is 1.79. The molecule has 4 heteroatoms. The van der Waals surface area contributed by atoms with Gasteiger partial charge >= 0.3 is 0 Å². The summed E-state index contributed by atoms with van der Waals surface area (Å²) < 4.78 is 7.98. The molecule has 0 amide bonds. The summed E-state index contributed by atoms with van der Waals surface area (Å²) in [5, 5.41) is 10.8. The Labute approximate surface area is 124 Å². The molecule has 2 aliphatic rings. The molecule has 0 aliphatic carbocycles. The van der Waals surface area contributed by atoms with Crippen LogP contribution in [0.4, 0.5) is 0 Å². The first-order chi connectivity index (χ1) is 10.1. The summed E-state index contributed by atoms with van der Waals surface area (Å²) in [6.45, 7) is 5.33. The Morgan fingerprint density at radius 1 is 1.33 bits per heavy atom. The Morgan fingerprint density at radius 3 is 3.00 bits per heavy atom. The van der Waals surface area contributed by atoms with Gasteiger partial charge in [-0.25, -0.2) is 4.98 Å². The molecule has 0 radical (unpaired) electrons. The number of nitrogens with zero attached hydrogens (tertiary/aromatic N) is 2. The zero-order valence-electron chi connectivity index (χ0n) is 12.4. The van der Waals surface area contributed by atoms with Gasteiger partial charge in [0.1, 0.15) is 0 Å². The number of ether oxygens (including phenoxy) is 1. The van der Waals surface area contributed by atoms with Crippen LogP contribution < -0.4 is 0 Å². The average molecular weight is 284 g/mol. The van der Waals surface area contributed by atoms with Gasteiger partial charge in [0.05, 0.1) is 43.6 Å². The molecule has 1 saturated heterocycles. The second-order valence-electron chi connectivity index (χ2n) is 6.83. The first kappa shape index (κ1) is 13.0. The predicted octanol–water partition coefficient (Wildman–Crippen LogP) is 2.49. The second-order valence-corrected chi connectivity index (χ2v) is 6.83. The molecule has 4 rings (SSSR count). The van der Waals surface area contributed by atoms with Crippen LogP contribution in [0.25, 0.3) is 11.3 Å². The monoisotopic (exact) mass is 284 g/mol. The van der Waals surface area contributed by atoms with E-state index in [1.165, 1.54) is 11.1 Å². The number of hydrogen-bond donors (Lipinski definition) is 1. The van der Waals surface area contributed by atoms with Crippen LogP contribution in [0.2, 0.25) is 0 Å². The van der Waals surface area contributed by atoms with Gasteiger partial charge in [-0.3, -0.25) is 0 Å². The van der Waals surface area contributed by atoms with E-state index in [0.717, 1.165) is 5.69 Å². The molecule has 1 aromatic carbocycles. The van der Waals surface area contributed by atoms with Crippen molar-refractivity contribution in [3.63, 3.8) is 0 Å². The number of aliphatic hydroxyl groups is 1. The van der Waals surface area contributed by atoms with Crippen LogP contribution in [0.5, 0.6) is 0 Å². The molecule has 0 unspecified atom stereocenters. The molecule has 1 aromatic heterocycles. The number of imidazole rings is 1. The molecule has 0 bridgehead atoms. The minimum absolute atomic E-state index is 0.0466. The molecule has 3 atom stereocenters. The fourth-order valence-corrected chi connectivity index (χ4v) is 3.79. The van der Waals surface area contributed by atoms with Gasteiger partial charge in [0.25, 0.3) is 0 Å². The maximum absolute atomic E-state index is 10.8. The highest BCUT2D eigenvalue weighted by atomic mass is 16.5. The molecule has 2 aliphatic heterocycles. The van der Waals surface area contributed by atoms with Gasteiger partial charge in [0.2, 0.25) is 0 Å². The highest BCUT2D eigenvalue weighted by Crippen LogP contribution is 2.47. The lowest BCUT2D eigenvalue weighted by Gasteiger charge is -2.43. The Balaban J connectivity index is 1.82. The first-order valence-corrected chi connectivity index (χ1v) is 7.46. The zero-order valence-corrected chi connectivity index (χ0v) is 12.4. The Hall–Kier alpha value is -1.65. The molecule has 0 saturated carbocycles. The fraction of sp³-hybridized carbons (Fsp3) is 0.471. The lowest BCUT2D eigenvalue weighted by Crippen LogP contribution is -2.49. The maximum Gasteiger partial charge on any atom is 0.0956 e.